The minimum Gasteiger partial charge on any atom is -0.399 e. The lowest BCUT2D eigenvalue weighted by Gasteiger charge is -2.34. The number of aryl methyl sites for hydroxylation is 1. The summed E-state index contributed by atoms with van der Waals surface area (Å²) in [5, 5.41) is 0. The van der Waals surface area contributed by atoms with Crippen LogP contribution < -0.4 is 11.5 Å². The van der Waals surface area contributed by atoms with Gasteiger partial charge < -0.3 is 16.5 Å². The summed E-state index contributed by atoms with van der Waals surface area (Å²) in [7, 11) is 0. The van der Waals surface area contributed by atoms with E-state index >= 15 is 0 Å². The molecule has 0 fully saturated rings. The smallest absolute Gasteiger partial charge is 0.265 e. The first-order valence-corrected chi connectivity index (χ1v) is 9.44. The van der Waals surface area contributed by atoms with E-state index in [-0.39, 0.29) is 5.41 Å². The summed E-state index contributed by atoms with van der Waals surface area (Å²) in [4.78, 5) is 20.3. The van der Waals surface area contributed by atoms with E-state index in [2.05, 4.69) is 31.8 Å². The normalized spacial score (nSPS) is 17.1. The van der Waals surface area contributed by atoms with Crippen LogP contribution in [0.1, 0.15) is 48.9 Å². The Morgan fingerprint density at radius 2 is 2.04 bits per heavy atom. The molecule has 140 valence electrons. The van der Waals surface area contributed by atoms with Gasteiger partial charge in [0, 0.05) is 16.9 Å². The van der Waals surface area contributed by atoms with Gasteiger partial charge in [0.2, 0.25) is 0 Å². The maximum Gasteiger partial charge on any atom is 0.265 e. The van der Waals surface area contributed by atoms with Gasteiger partial charge in [-0.25, -0.2) is 0 Å². The van der Waals surface area contributed by atoms with Gasteiger partial charge in [-0.15, -0.1) is 0 Å². The standard InChI is InChI=1S/C22H26N4O/c1-22(2,3)14-7-8-16-13(9-14)11-17-19(25-16)18(20(26-17)21(24)27)12-5-4-6-15(23)10-12/h4-6,10-11,14,26H,7-9,23H2,1-3H3,(H2,24,27). The van der Waals surface area contributed by atoms with Gasteiger partial charge in [-0.3, -0.25) is 9.78 Å². The van der Waals surface area contributed by atoms with Crippen LogP contribution >= 0.6 is 0 Å². The number of amides is 1. The number of aromatic amines is 1. The molecular formula is C22H26N4O. The van der Waals surface area contributed by atoms with Crippen molar-refractivity contribution < 1.29 is 4.79 Å². The van der Waals surface area contributed by atoms with Crippen molar-refractivity contribution in [1.29, 1.82) is 0 Å². The minimum absolute atomic E-state index is 0.271. The van der Waals surface area contributed by atoms with Crippen LogP contribution in [-0.2, 0) is 12.8 Å². The molecule has 1 aromatic carbocycles. The molecule has 2 heterocycles. The number of nitrogens with one attached hydrogen (secondary N) is 1. The van der Waals surface area contributed by atoms with E-state index in [1.807, 2.05) is 24.3 Å². The number of carbonyl (C=O) groups is 1. The second kappa shape index (κ2) is 6.12. The first-order valence-electron chi connectivity index (χ1n) is 9.44. The molecule has 0 radical (unpaired) electrons. The Bertz CT molecular complexity index is 1040. The number of H-pyrrole nitrogens is 1. The van der Waals surface area contributed by atoms with Gasteiger partial charge in [-0.1, -0.05) is 32.9 Å². The number of primary amides is 1. The van der Waals surface area contributed by atoms with E-state index in [0.29, 0.717) is 17.3 Å². The second-order valence-corrected chi connectivity index (χ2v) is 8.66. The van der Waals surface area contributed by atoms with Gasteiger partial charge in [0.25, 0.3) is 5.91 Å². The molecule has 0 saturated carbocycles. The summed E-state index contributed by atoms with van der Waals surface area (Å²) in [6.07, 6.45) is 3.11. The number of benzene rings is 1. The molecule has 1 aliphatic rings. The number of fused-ring (bicyclic) bond motifs is 2. The molecule has 2 aromatic heterocycles. The number of aromatic nitrogens is 2. The Kier molecular flexibility index (Phi) is 3.98. The number of hydrogen-bond donors (Lipinski definition) is 3. The predicted molar refractivity (Wildman–Crippen MR) is 109 cm³/mol. The maximum absolute atomic E-state index is 12.1. The zero-order valence-electron chi connectivity index (χ0n) is 16.1. The predicted octanol–water partition coefficient (Wildman–Crippen LogP) is 4.06. The van der Waals surface area contributed by atoms with Crippen molar-refractivity contribution in [2.45, 2.75) is 40.0 Å². The van der Waals surface area contributed by atoms with Gasteiger partial charge in [0.05, 0.1) is 11.0 Å². The molecule has 1 atom stereocenters. The van der Waals surface area contributed by atoms with E-state index in [4.69, 9.17) is 16.5 Å². The minimum atomic E-state index is -0.490. The number of rotatable bonds is 2. The number of carbonyl (C=O) groups excluding carboxylic acids is 1. The highest BCUT2D eigenvalue weighted by atomic mass is 16.1. The fourth-order valence-corrected chi connectivity index (χ4v) is 4.17. The van der Waals surface area contributed by atoms with E-state index < -0.39 is 5.91 Å². The lowest BCUT2D eigenvalue weighted by molar-refractivity contribution is 0.0997. The van der Waals surface area contributed by atoms with Crippen LogP contribution in [0, 0.1) is 11.3 Å². The Balaban J connectivity index is 1.90. The van der Waals surface area contributed by atoms with Crippen LogP contribution in [-0.4, -0.2) is 15.9 Å². The highest BCUT2D eigenvalue weighted by molar-refractivity contribution is 6.08. The fraction of sp³-hybridized carbons (Fsp3) is 0.364. The van der Waals surface area contributed by atoms with Crippen molar-refractivity contribution in [2.24, 2.45) is 17.1 Å². The van der Waals surface area contributed by atoms with Crippen molar-refractivity contribution in [1.82, 2.24) is 9.97 Å². The molecule has 1 unspecified atom stereocenters. The Hall–Kier alpha value is -2.82. The highest BCUT2D eigenvalue weighted by Crippen LogP contribution is 2.39. The number of nitrogens with zero attached hydrogens (tertiary/aromatic N) is 1. The average molecular weight is 362 g/mol. The molecule has 5 N–H and O–H groups in total. The first-order chi connectivity index (χ1) is 12.7. The van der Waals surface area contributed by atoms with Crippen molar-refractivity contribution >= 4 is 22.6 Å². The molecule has 0 bridgehead atoms. The van der Waals surface area contributed by atoms with E-state index in [1.54, 1.807) is 0 Å². The van der Waals surface area contributed by atoms with Gasteiger partial charge >= 0.3 is 0 Å². The number of pyridine rings is 1. The van der Waals surface area contributed by atoms with Crippen molar-refractivity contribution in [3.05, 3.63) is 47.3 Å². The Labute approximate surface area is 159 Å². The zero-order valence-corrected chi connectivity index (χ0v) is 16.1. The summed E-state index contributed by atoms with van der Waals surface area (Å²) >= 11 is 0. The van der Waals surface area contributed by atoms with E-state index in [1.165, 1.54) is 5.56 Å². The largest absolute Gasteiger partial charge is 0.399 e. The van der Waals surface area contributed by atoms with Crippen molar-refractivity contribution in [3.63, 3.8) is 0 Å². The van der Waals surface area contributed by atoms with E-state index in [0.717, 1.165) is 47.1 Å². The quantitative estimate of drug-likeness (QED) is 0.600. The lowest BCUT2D eigenvalue weighted by atomic mass is 9.71. The summed E-state index contributed by atoms with van der Waals surface area (Å²) in [6, 6.07) is 9.64. The number of hydrogen-bond acceptors (Lipinski definition) is 3. The van der Waals surface area contributed by atoms with Crippen LogP contribution in [0.2, 0.25) is 0 Å². The van der Waals surface area contributed by atoms with Gasteiger partial charge in [0.1, 0.15) is 5.69 Å². The van der Waals surface area contributed by atoms with Crippen LogP contribution in [0.5, 0.6) is 0 Å². The van der Waals surface area contributed by atoms with Crippen LogP contribution in [0.25, 0.3) is 22.2 Å². The SMILES string of the molecule is CC(C)(C)C1CCc2nc3c(-c4cccc(N)c4)c(C(N)=O)[nH]c3cc2C1. The zero-order chi connectivity index (χ0) is 19.3. The van der Waals surface area contributed by atoms with E-state index in [9.17, 15) is 4.79 Å². The van der Waals surface area contributed by atoms with Crippen LogP contribution in [0.3, 0.4) is 0 Å². The molecule has 0 aliphatic heterocycles. The molecule has 27 heavy (non-hydrogen) atoms. The summed E-state index contributed by atoms with van der Waals surface area (Å²) in [5.74, 6) is 0.138. The molecule has 5 nitrogen and oxygen atoms in total. The van der Waals surface area contributed by atoms with Gasteiger partial charge in [-0.2, -0.15) is 0 Å². The Morgan fingerprint density at radius 1 is 1.26 bits per heavy atom. The fourth-order valence-electron chi connectivity index (χ4n) is 4.17. The highest BCUT2D eigenvalue weighted by Gasteiger charge is 2.30. The number of nitrogens with two attached hydrogens (primary N) is 2. The van der Waals surface area contributed by atoms with Gasteiger partial charge in [-0.05, 0) is 59.9 Å². The van der Waals surface area contributed by atoms with Crippen molar-refractivity contribution in [3.8, 4) is 11.1 Å². The summed E-state index contributed by atoms with van der Waals surface area (Å²) in [5.41, 5.74) is 18.6. The molecule has 1 amide bonds. The third kappa shape index (κ3) is 3.07. The molecule has 4 rings (SSSR count). The third-order valence-corrected chi connectivity index (χ3v) is 5.78. The number of anilines is 1. The maximum atomic E-state index is 12.1. The monoisotopic (exact) mass is 362 g/mol. The third-order valence-electron chi connectivity index (χ3n) is 5.78. The van der Waals surface area contributed by atoms with Crippen molar-refractivity contribution in [2.75, 3.05) is 5.73 Å². The Morgan fingerprint density at radius 3 is 2.70 bits per heavy atom. The van der Waals surface area contributed by atoms with Gasteiger partial charge in [0.15, 0.2) is 0 Å². The molecule has 5 heteroatoms. The summed E-state index contributed by atoms with van der Waals surface area (Å²) < 4.78 is 0. The first kappa shape index (κ1) is 17.6. The molecule has 3 aromatic rings. The van der Waals surface area contributed by atoms with Crippen LogP contribution in [0.15, 0.2) is 30.3 Å². The average Bonchev–Trinajstić information content (AvgIpc) is 2.97. The molecular weight excluding hydrogens is 336 g/mol. The summed E-state index contributed by atoms with van der Waals surface area (Å²) in [6.45, 7) is 6.89. The topological polar surface area (TPSA) is 97.8 Å². The van der Waals surface area contributed by atoms with Crippen LogP contribution in [0.4, 0.5) is 5.69 Å². The molecule has 0 spiro atoms. The molecule has 1 aliphatic carbocycles. The lowest BCUT2D eigenvalue weighted by Crippen LogP contribution is -2.27. The number of nitrogen functional groups attached to an aromatic ring is 1. The second-order valence-electron chi connectivity index (χ2n) is 8.66. The molecule has 0 saturated heterocycles.